The number of likely N-dealkylation sites (N-methyl/N-ethyl adjacent to an activating group) is 1. The molecule has 0 radical (unpaired) electrons. The van der Waals surface area contributed by atoms with E-state index >= 15 is 0 Å². The molecular formula is C16H23N5O2. The van der Waals surface area contributed by atoms with Gasteiger partial charge >= 0.3 is 6.03 Å². The highest BCUT2D eigenvalue weighted by Crippen LogP contribution is 2.06. The van der Waals surface area contributed by atoms with Crippen LogP contribution < -0.4 is 5.32 Å². The molecule has 0 aliphatic rings. The third-order valence-electron chi connectivity index (χ3n) is 3.67. The van der Waals surface area contributed by atoms with Gasteiger partial charge in [0, 0.05) is 20.7 Å². The van der Waals surface area contributed by atoms with Gasteiger partial charge in [0.05, 0.1) is 19.2 Å². The first-order valence-corrected chi connectivity index (χ1v) is 7.50. The van der Waals surface area contributed by atoms with E-state index in [9.17, 15) is 4.79 Å². The number of methoxy groups -OCH3 is 1. The van der Waals surface area contributed by atoms with Crippen molar-refractivity contribution in [2.75, 3.05) is 20.8 Å². The van der Waals surface area contributed by atoms with Crippen LogP contribution in [0, 0.1) is 0 Å². The number of amides is 2. The Balaban J connectivity index is 1.82. The third kappa shape index (κ3) is 5.07. The van der Waals surface area contributed by atoms with E-state index in [0.29, 0.717) is 19.7 Å². The Labute approximate surface area is 136 Å². The Morgan fingerprint density at radius 3 is 2.65 bits per heavy atom. The van der Waals surface area contributed by atoms with E-state index in [4.69, 9.17) is 4.74 Å². The molecule has 1 aromatic carbocycles. The highest BCUT2D eigenvalue weighted by molar-refractivity contribution is 5.74. The summed E-state index contributed by atoms with van der Waals surface area (Å²) in [6, 6.07) is 7.99. The zero-order chi connectivity index (χ0) is 16.7. The molecule has 0 bridgehead atoms. The average molecular weight is 317 g/mol. The molecule has 2 aromatic rings. The molecule has 23 heavy (non-hydrogen) atoms. The second-order valence-electron chi connectivity index (χ2n) is 5.48. The van der Waals surface area contributed by atoms with Gasteiger partial charge in [0.1, 0.15) is 12.7 Å². The zero-order valence-corrected chi connectivity index (χ0v) is 13.8. The molecule has 7 heteroatoms. The molecule has 7 nitrogen and oxygen atoms in total. The van der Waals surface area contributed by atoms with Crippen molar-refractivity contribution in [1.29, 1.82) is 0 Å². The van der Waals surface area contributed by atoms with E-state index in [2.05, 4.69) is 15.4 Å². The summed E-state index contributed by atoms with van der Waals surface area (Å²) in [7, 11) is 3.39. The van der Waals surface area contributed by atoms with Crippen molar-refractivity contribution >= 4 is 6.03 Å². The molecule has 1 aromatic heterocycles. The smallest absolute Gasteiger partial charge is 0.317 e. The van der Waals surface area contributed by atoms with E-state index in [1.807, 2.05) is 31.2 Å². The molecule has 1 heterocycles. The average Bonchev–Trinajstić information content (AvgIpc) is 3.06. The van der Waals surface area contributed by atoms with Crippen LogP contribution in [0.15, 0.2) is 36.9 Å². The van der Waals surface area contributed by atoms with Crippen LogP contribution in [0.4, 0.5) is 4.79 Å². The number of nitrogens with one attached hydrogen (secondary N) is 1. The van der Waals surface area contributed by atoms with Crippen molar-refractivity contribution in [3.05, 3.63) is 48.0 Å². The van der Waals surface area contributed by atoms with Crippen molar-refractivity contribution in [3.8, 4) is 0 Å². The van der Waals surface area contributed by atoms with Crippen LogP contribution in [0.1, 0.15) is 18.1 Å². The van der Waals surface area contributed by atoms with Gasteiger partial charge in [-0.3, -0.25) is 0 Å². The minimum absolute atomic E-state index is 0.0325. The van der Waals surface area contributed by atoms with E-state index in [1.54, 1.807) is 30.1 Å². The Kier molecular flexibility index (Phi) is 6.10. The van der Waals surface area contributed by atoms with E-state index in [1.165, 1.54) is 6.33 Å². The van der Waals surface area contributed by atoms with E-state index < -0.39 is 0 Å². The summed E-state index contributed by atoms with van der Waals surface area (Å²) in [5.41, 5.74) is 2.19. The molecule has 0 unspecified atom stereocenters. The minimum atomic E-state index is -0.110. The zero-order valence-electron chi connectivity index (χ0n) is 13.8. The molecule has 0 spiro atoms. The second-order valence-corrected chi connectivity index (χ2v) is 5.48. The minimum Gasteiger partial charge on any atom is -0.383 e. The lowest BCUT2D eigenvalue weighted by atomic mass is 10.1. The summed E-state index contributed by atoms with van der Waals surface area (Å²) >= 11 is 0. The number of carbonyl (C=O) groups excluding carboxylic acids is 1. The summed E-state index contributed by atoms with van der Waals surface area (Å²) in [6.07, 6.45) is 3.20. The number of benzene rings is 1. The van der Waals surface area contributed by atoms with Crippen LogP contribution in [0.3, 0.4) is 0 Å². The maximum absolute atomic E-state index is 12.1. The summed E-state index contributed by atoms with van der Waals surface area (Å²) in [5.74, 6) is 0. The molecule has 0 saturated carbocycles. The maximum Gasteiger partial charge on any atom is 0.317 e. The van der Waals surface area contributed by atoms with E-state index in [0.717, 1.165) is 11.1 Å². The number of hydrogen-bond acceptors (Lipinski definition) is 4. The third-order valence-corrected chi connectivity index (χ3v) is 3.67. The van der Waals surface area contributed by atoms with Gasteiger partial charge in [-0.25, -0.2) is 14.5 Å². The van der Waals surface area contributed by atoms with Crippen molar-refractivity contribution in [3.63, 3.8) is 0 Å². The standard InChI is InChI=1S/C16H23N5O2/c1-13(10-23-3)20(2)16(22)18-8-14-4-6-15(7-5-14)9-21-12-17-11-19-21/h4-7,11-13H,8-10H2,1-3H3,(H,18,22)/t13-/m1/s1. The number of rotatable bonds is 7. The van der Waals surface area contributed by atoms with Gasteiger partial charge in [0.25, 0.3) is 0 Å². The molecule has 1 atom stereocenters. The van der Waals surface area contributed by atoms with Crippen molar-refractivity contribution in [1.82, 2.24) is 25.0 Å². The van der Waals surface area contributed by atoms with Crippen LogP contribution in [0.2, 0.25) is 0 Å². The van der Waals surface area contributed by atoms with Crippen molar-refractivity contribution < 1.29 is 9.53 Å². The maximum atomic E-state index is 12.1. The van der Waals surface area contributed by atoms with Gasteiger partial charge in [-0.15, -0.1) is 0 Å². The Morgan fingerprint density at radius 1 is 1.35 bits per heavy atom. The summed E-state index contributed by atoms with van der Waals surface area (Å²) < 4.78 is 6.83. The monoisotopic (exact) mass is 317 g/mol. The fraction of sp³-hybridized carbons (Fsp3) is 0.438. The number of carbonyl (C=O) groups is 1. The first-order chi connectivity index (χ1) is 11.1. The lowest BCUT2D eigenvalue weighted by Crippen LogP contribution is -2.43. The van der Waals surface area contributed by atoms with Gasteiger partial charge in [0.15, 0.2) is 0 Å². The van der Waals surface area contributed by atoms with Crippen molar-refractivity contribution in [2.24, 2.45) is 0 Å². The molecular weight excluding hydrogens is 294 g/mol. The fourth-order valence-electron chi connectivity index (χ4n) is 2.12. The van der Waals surface area contributed by atoms with Gasteiger partial charge in [-0.05, 0) is 18.1 Å². The molecule has 2 amide bonds. The predicted molar refractivity (Wildman–Crippen MR) is 86.9 cm³/mol. The van der Waals surface area contributed by atoms with Gasteiger partial charge in [-0.2, -0.15) is 5.10 Å². The molecule has 0 saturated heterocycles. The highest BCUT2D eigenvalue weighted by Gasteiger charge is 2.14. The lowest BCUT2D eigenvalue weighted by molar-refractivity contribution is 0.123. The number of hydrogen-bond donors (Lipinski definition) is 1. The highest BCUT2D eigenvalue weighted by atomic mass is 16.5. The van der Waals surface area contributed by atoms with Crippen LogP contribution >= 0.6 is 0 Å². The molecule has 2 rings (SSSR count). The number of ether oxygens (including phenoxy) is 1. The summed E-state index contributed by atoms with van der Waals surface area (Å²) in [6.45, 7) is 3.64. The number of nitrogens with zero attached hydrogens (tertiary/aromatic N) is 4. The SMILES string of the molecule is COC[C@@H](C)N(C)C(=O)NCc1ccc(Cn2cncn2)cc1. The summed E-state index contributed by atoms with van der Waals surface area (Å²) in [5, 5.41) is 6.98. The van der Waals surface area contributed by atoms with Gasteiger partial charge in [0.2, 0.25) is 0 Å². The lowest BCUT2D eigenvalue weighted by Gasteiger charge is -2.24. The first kappa shape index (κ1) is 17.0. The van der Waals surface area contributed by atoms with Crippen molar-refractivity contribution in [2.45, 2.75) is 26.1 Å². The molecule has 0 fully saturated rings. The Hall–Kier alpha value is -2.41. The topological polar surface area (TPSA) is 72.3 Å². The number of aromatic nitrogens is 3. The quantitative estimate of drug-likeness (QED) is 0.840. The first-order valence-electron chi connectivity index (χ1n) is 7.50. The van der Waals surface area contributed by atoms with E-state index in [-0.39, 0.29) is 12.1 Å². The normalized spacial score (nSPS) is 12.0. The number of urea groups is 1. The Morgan fingerprint density at radius 2 is 2.04 bits per heavy atom. The van der Waals surface area contributed by atoms with Crippen LogP contribution in [0.25, 0.3) is 0 Å². The van der Waals surface area contributed by atoms with Crippen LogP contribution in [-0.4, -0.2) is 52.5 Å². The summed E-state index contributed by atoms with van der Waals surface area (Å²) in [4.78, 5) is 17.6. The van der Waals surface area contributed by atoms with Gasteiger partial charge in [-0.1, -0.05) is 24.3 Å². The van der Waals surface area contributed by atoms with Crippen LogP contribution in [-0.2, 0) is 17.8 Å². The molecule has 0 aliphatic carbocycles. The predicted octanol–water partition coefficient (Wildman–Crippen LogP) is 1.50. The molecule has 0 aliphatic heterocycles. The Bertz CT molecular complexity index is 597. The second kappa shape index (κ2) is 8.28. The van der Waals surface area contributed by atoms with Crippen LogP contribution in [0.5, 0.6) is 0 Å². The molecule has 1 N–H and O–H groups in total. The molecule has 124 valence electrons. The fourth-order valence-corrected chi connectivity index (χ4v) is 2.12. The van der Waals surface area contributed by atoms with Gasteiger partial charge < -0.3 is 15.0 Å². The largest absolute Gasteiger partial charge is 0.383 e.